The van der Waals surface area contributed by atoms with E-state index in [1.165, 1.54) is 16.7 Å². The largest absolute Gasteiger partial charge is 0.480 e. The molecule has 1 saturated carbocycles. The van der Waals surface area contributed by atoms with E-state index in [1.807, 2.05) is 11.8 Å². The number of carboxylic acids is 1. The molecule has 19 heavy (non-hydrogen) atoms. The quantitative estimate of drug-likeness (QED) is 0.889. The lowest BCUT2D eigenvalue weighted by Crippen LogP contribution is -2.45. The number of carboxylic acid groups (broad SMARTS) is 1. The van der Waals surface area contributed by atoms with Gasteiger partial charge in [0.15, 0.2) is 0 Å². The number of hydrogen-bond donors (Lipinski definition) is 2. The zero-order valence-electron chi connectivity index (χ0n) is 11.5. The summed E-state index contributed by atoms with van der Waals surface area (Å²) in [6.07, 6.45) is 2.07. The lowest BCUT2D eigenvalue weighted by Gasteiger charge is -2.18. The smallest absolute Gasteiger partial charge is 0.323 e. The molecule has 2 atom stereocenters. The van der Waals surface area contributed by atoms with E-state index < -0.39 is 11.5 Å². The first-order valence-electron chi connectivity index (χ1n) is 6.60. The van der Waals surface area contributed by atoms with Crippen molar-refractivity contribution in [3.63, 3.8) is 0 Å². The number of carbonyl (C=O) groups is 1. The minimum atomic E-state index is -1.000. The Balaban J connectivity index is 1.92. The van der Waals surface area contributed by atoms with E-state index in [1.54, 1.807) is 0 Å². The van der Waals surface area contributed by atoms with Gasteiger partial charge in [0.25, 0.3) is 0 Å². The maximum absolute atomic E-state index is 11.1. The SMILES string of the molecule is Cc1cc(C)cc(CSC2CCC(N)(C(=O)O)C2)c1. The highest BCUT2D eigenvalue weighted by Crippen LogP contribution is 2.37. The molecule has 4 heteroatoms. The second-order valence-corrected chi connectivity index (χ2v) is 6.92. The molecule has 1 aromatic carbocycles. The maximum Gasteiger partial charge on any atom is 0.323 e. The highest BCUT2D eigenvalue weighted by Gasteiger charge is 2.42. The van der Waals surface area contributed by atoms with Crippen LogP contribution in [0.25, 0.3) is 0 Å². The maximum atomic E-state index is 11.1. The molecule has 0 aliphatic heterocycles. The van der Waals surface area contributed by atoms with E-state index in [4.69, 9.17) is 10.8 Å². The molecule has 3 nitrogen and oxygen atoms in total. The second kappa shape index (κ2) is 5.55. The fourth-order valence-corrected chi connectivity index (χ4v) is 4.03. The minimum absolute atomic E-state index is 0.363. The lowest BCUT2D eigenvalue weighted by atomic mass is 10.0. The molecule has 0 saturated heterocycles. The molecule has 1 fully saturated rings. The molecule has 3 N–H and O–H groups in total. The molecular formula is C15H21NO2S. The van der Waals surface area contributed by atoms with E-state index in [9.17, 15) is 4.79 Å². The van der Waals surface area contributed by atoms with Crippen LogP contribution in [-0.4, -0.2) is 21.9 Å². The minimum Gasteiger partial charge on any atom is -0.480 e. The van der Waals surface area contributed by atoms with Crippen LogP contribution < -0.4 is 5.73 Å². The highest BCUT2D eigenvalue weighted by atomic mass is 32.2. The molecule has 0 heterocycles. The van der Waals surface area contributed by atoms with Crippen LogP contribution in [0.3, 0.4) is 0 Å². The molecule has 1 aromatic rings. The molecule has 0 bridgehead atoms. The molecule has 1 aliphatic rings. The summed E-state index contributed by atoms with van der Waals surface area (Å²) in [7, 11) is 0. The number of nitrogens with two attached hydrogens (primary N) is 1. The van der Waals surface area contributed by atoms with Crippen LogP contribution in [0.15, 0.2) is 18.2 Å². The lowest BCUT2D eigenvalue weighted by molar-refractivity contribution is -0.143. The van der Waals surface area contributed by atoms with Crippen molar-refractivity contribution >= 4 is 17.7 Å². The molecule has 0 aromatic heterocycles. The van der Waals surface area contributed by atoms with Crippen LogP contribution in [0.4, 0.5) is 0 Å². The zero-order chi connectivity index (χ0) is 14.0. The molecular weight excluding hydrogens is 258 g/mol. The summed E-state index contributed by atoms with van der Waals surface area (Å²) in [5, 5.41) is 9.48. The van der Waals surface area contributed by atoms with Crippen molar-refractivity contribution in [2.24, 2.45) is 5.73 Å². The zero-order valence-corrected chi connectivity index (χ0v) is 12.3. The van der Waals surface area contributed by atoms with Crippen LogP contribution >= 0.6 is 11.8 Å². The third-order valence-corrected chi connectivity index (χ3v) is 5.07. The summed E-state index contributed by atoms with van der Waals surface area (Å²) >= 11 is 1.83. The van der Waals surface area contributed by atoms with Crippen molar-refractivity contribution in [2.75, 3.05) is 0 Å². The monoisotopic (exact) mass is 279 g/mol. The Kier molecular flexibility index (Phi) is 4.21. The van der Waals surface area contributed by atoms with E-state index in [0.29, 0.717) is 18.1 Å². The number of thioether (sulfide) groups is 1. The fraction of sp³-hybridized carbons (Fsp3) is 0.533. The van der Waals surface area contributed by atoms with E-state index in [0.717, 1.165) is 12.2 Å². The summed E-state index contributed by atoms with van der Waals surface area (Å²) in [5.74, 6) is 0.0742. The first-order valence-corrected chi connectivity index (χ1v) is 7.65. The van der Waals surface area contributed by atoms with Gasteiger partial charge in [-0.25, -0.2) is 0 Å². The van der Waals surface area contributed by atoms with Gasteiger partial charge in [-0.05, 0) is 38.7 Å². The standard InChI is InChI=1S/C15H21NO2S/c1-10-5-11(2)7-12(6-10)9-19-13-3-4-15(16,8-13)14(17)18/h5-7,13H,3-4,8-9,16H2,1-2H3,(H,17,18). The number of aliphatic carboxylic acids is 1. The average molecular weight is 279 g/mol. The van der Waals surface area contributed by atoms with Crippen molar-refractivity contribution in [1.29, 1.82) is 0 Å². The molecule has 2 rings (SSSR count). The molecule has 104 valence electrons. The van der Waals surface area contributed by atoms with Crippen LogP contribution in [0.1, 0.15) is 36.0 Å². The molecule has 1 aliphatic carbocycles. The van der Waals surface area contributed by atoms with Gasteiger partial charge in [0.2, 0.25) is 0 Å². The second-order valence-electron chi connectivity index (χ2n) is 5.63. The number of benzene rings is 1. The van der Waals surface area contributed by atoms with Crippen molar-refractivity contribution < 1.29 is 9.90 Å². The van der Waals surface area contributed by atoms with Crippen LogP contribution in [0.2, 0.25) is 0 Å². The first kappa shape index (κ1) is 14.4. The Morgan fingerprint density at radius 2 is 2.05 bits per heavy atom. The Hall–Kier alpha value is -1.00. The molecule has 0 amide bonds. The number of aryl methyl sites for hydroxylation is 2. The summed E-state index contributed by atoms with van der Waals surface area (Å²) in [6.45, 7) is 4.21. The number of hydrogen-bond acceptors (Lipinski definition) is 3. The van der Waals surface area contributed by atoms with Crippen molar-refractivity contribution in [3.8, 4) is 0 Å². The first-order chi connectivity index (χ1) is 8.89. The van der Waals surface area contributed by atoms with Crippen LogP contribution in [0.5, 0.6) is 0 Å². The van der Waals surface area contributed by atoms with Crippen LogP contribution in [0, 0.1) is 13.8 Å². The Bertz CT molecular complexity index is 469. The van der Waals surface area contributed by atoms with Crippen molar-refractivity contribution in [3.05, 3.63) is 34.9 Å². The molecule has 0 radical (unpaired) electrons. The van der Waals surface area contributed by atoms with E-state index in [2.05, 4.69) is 32.0 Å². The summed E-state index contributed by atoms with van der Waals surface area (Å²) in [4.78, 5) is 11.1. The summed E-state index contributed by atoms with van der Waals surface area (Å²) in [5.41, 5.74) is 8.77. The van der Waals surface area contributed by atoms with Gasteiger partial charge in [0, 0.05) is 11.0 Å². The molecule has 2 unspecified atom stereocenters. The number of rotatable bonds is 4. The highest BCUT2D eigenvalue weighted by molar-refractivity contribution is 7.99. The van der Waals surface area contributed by atoms with Crippen molar-refractivity contribution in [2.45, 2.75) is 49.7 Å². The predicted molar refractivity (Wildman–Crippen MR) is 79.4 cm³/mol. The van der Waals surface area contributed by atoms with Gasteiger partial charge in [-0.3, -0.25) is 4.79 Å². The normalized spacial score (nSPS) is 26.6. The van der Waals surface area contributed by atoms with Gasteiger partial charge in [-0.2, -0.15) is 11.8 Å². The van der Waals surface area contributed by atoms with E-state index >= 15 is 0 Å². The van der Waals surface area contributed by atoms with Gasteiger partial charge in [0.05, 0.1) is 0 Å². The average Bonchev–Trinajstić information content (AvgIpc) is 2.69. The van der Waals surface area contributed by atoms with Gasteiger partial charge < -0.3 is 10.8 Å². The van der Waals surface area contributed by atoms with Gasteiger partial charge in [-0.1, -0.05) is 29.3 Å². The third-order valence-electron chi connectivity index (χ3n) is 3.70. The summed E-state index contributed by atoms with van der Waals surface area (Å²) < 4.78 is 0. The molecule has 0 spiro atoms. The summed E-state index contributed by atoms with van der Waals surface area (Å²) in [6, 6.07) is 6.56. The Morgan fingerprint density at radius 1 is 1.42 bits per heavy atom. The van der Waals surface area contributed by atoms with Gasteiger partial charge >= 0.3 is 5.97 Å². The van der Waals surface area contributed by atoms with Crippen molar-refractivity contribution in [1.82, 2.24) is 0 Å². The van der Waals surface area contributed by atoms with Crippen LogP contribution in [-0.2, 0) is 10.5 Å². The Labute approximate surface area is 118 Å². The third kappa shape index (κ3) is 3.51. The predicted octanol–water partition coefficient (Wildman–Crippen LogP) is 2.87. The fourth-order valence-electron chi connectivity index (χ4n) is 2.73. The van der Waals surface area contributed by atoms with E-state index in [-0.39, 0.29) is 0 Å². The topological polar surface area (TPSA) is 63.3 Å². The van der Waals surface area contributed by atoms with Gasteiger partial charge in [0.1, 0.15) is 5.54 Å². The Morgan fingerprint density at radius 3 is 2.58 bits per heavy atom. The van der Waals surface area contributed by atoms with Gasteiger partial charge in [-0.15, -0.1) is 0 Å².